The number of benzene rings is 1. The van der Waals surface area contributed by atoms with Crippen molar-refractivity contribution < 1.29 is 0 Å². The molecule has 0 aliphatic rings. The maximum absolute atomic E-state index is 4.10. The van der Waals surface area contributed by atoms with Crippen LogP contribution in [0.4, 0.5) is 0 Å². The molecule has 1 aromatic heterocycles. The first-order valence-electron chi connectivity index (χ1n) is 4.87. The van der Waals surface area contributed by atoms with Gasteiger partial charge in [0, 0.05) is 7.05 Å². The summed E-state index contributed by atoms with van der Waals surface area (Å²) < 4.78 is 2.03. The van der Waals surface area contributed by atoms with Crippen molar-refractivity contribution in [1.82, 2.24) is 9.55 Å². The van der Waals surface area contributed by atoms with Crippen LogP contribution < -0.4 is 0 Å². The van der Waals surface area contributed by atoms with Crippen LogP contribution in [-0.2, 0) is 13.5 Å². The molecule has 2 rings (SSSR count). The molecule has 0 aliphatic heterocycles. The largest absolute Gasteiger partial charge is 0.334 e. The minimum atomic E-state index is 1.09. The van der Waals surface area contributed by atoms with Crippen molar-refractivity contribution in [1.29, 1.82) is 0 Å². The third-order valence-corrected chi connectivity index (χ3v) is 2.47. The van der Waals surface area contributed by atoms with E-state index < -0.39 is 0 Å². The lowest BCUT2D eigenvalue weighted by Gasteiger charge is -2.03. The summed E-state index contributed by atoms with van der Waals surface area (Å²) >= 11 is 0. The Morgan fingerprint density at radius 3 is 2.43 bits per heavy atom. The summed E-state index contributed by atoms with van der Waals surface area (Å²) in [4.78, 5) is 4.10. The molecular formula is C12H14N2. The number of rotatable bonds is 2. The van der Waals surface area contributed by atoms with Crippen LogP contribution in [0.5, 0.6) is 0 Å². The van der Waals surface area contributed by atoms with E-state index in [4.69, 9.17) is 0 Å². The van der Waals surface area contributed by atoms with Crippen LogP contribution in [0.15, 0.2) is 36.8 Å². The molecule has 14 heavy (non-hydrogen) atoms. The van der Waals surface area contributed by atoms with Crippen LogP contribution in [-0.4, -0.2) is 9.55 Å². The molecule has 2 nitrogen and oxygen atoms in total. The summed E-state index contributed by atoms with van der Waals surface area (Å²) in [6, 6.07) is 8.64. The number of imidazole rings is 1. The lowest BCUT2D eigenvalue weighted by molar-refractivity contribution is 0.921. The Bertz CT molecular complexity index is 412. The van der Waals surface area contributed by atoms with Crippen molar-refractivity contribution in [3.05, 3.63) is 42.4 Å². The molecule has 0 fully saturated rings. The Morgan fingerprint density at radius 2 is 1.93 bits per heavy atom. The lowest BCUT2D eigenvalue weighted by atomic mass is 10.1. The average molecular weight is 186 g/mol. The van der Waals surface area contributed by atoms with E-state index in [1.807, 2.05) is 24.1 Å². The van der Waals surface area contributed by atoms with E-state index in [1.54, 1.807) is 0 Å². The zero-order valence-corrected chi connectivity index (χ0v) is 8.57. The van der Waals surface area contributed by atoms with Gasteiger partial charge in [-0.2, -0.15) is 0 Å². The van der Waals surface area contributed by atoms with Gasteiger partial charge >= 0.3 is 0 Å². The Kier molecular flexibility index (Phi) is 2.35. The highest BCUT2D eigenvalue weighted by Crippen LogP contribution is 2.18. The quantitative estimate of drug-likeness (QED) is 0.705. The van der Waals surface area contributed by atoms with Crippen molar-refractivity contribution in [3.8, 4) is 11.3 Å². The van der Waals surface area contributed by atoms with E-state index >= 15 is 0 Å². The van der Waals surface area contributed by atoms with E-state index in [1.165, 1.54) is 11.1 Å². The predicted octanol–water partition coefficient (Wildman–Crippen LogP) is 2.65. The van der Waals surface area contributed by atoms with Crippen molar-refractivity contribution in [2.45, 2.75) is 13.3 Å². The fourth-order valence-corrected chi connectivity index (χ4v) is 1.55. The molecule has 2 aromatic rings. The van der Waals surface area contributed by atoms with Gasteiger partial charge in [-0.25, -0.2) is 4.98 Å². The van der Waals surface area contributed by atoms with Crippen LogP contribution in [0.25, 0.3) is 11.3 Å². The summed E-state index contributed by atoms with van der Waals surface area (Å²) in [5.74, 6) is 0. The van der Waals surface area contributed by atoms with Gasteiger partial charge in [0.2, 0.25) is 0 Å². The smallest absolute Gasteiger partial charge is 0.0948 e. The second-order valence-corrected chi connectivity index (χ2v) is 3.44. The van der Waals surface area contributed by atoms with E-state index in [0.717, 1.165) is 12.1 Å². The average Bonchev–Trinajstić information content (AvgIpc) is 2.65. The van der Waals surface area contributed by atoms with E-state index in [9.17, 15) is 0 Å². The number of hydrogen-bond acceptors (Lipinski definition) is 1. The number of aromatic nitrogens is 2. The third kappa shape index (κ3) is 1.55. The van der Waals surface area contributed by atoms with Gasteiger partial charge in [0.1, 0.15) is 0 Å². The molecule has 0 saturated heterocycles. The molecule has 0 amide bonds. The van der Waals surface area contributed by atoms with Crippen molar-refractivity contribution in [3.63, 3.8) is 0 Å². The molecule has 0 radical (unpaired) electrons. The summed E-state index contributed by atoms with van der Waals surface area (Å²) in [5.41, 5.74) is 3.76. The molecule has 0 aliphatic carbocycles. The number of aryl methyl sites for hydroxylation is 2. The Balaban J connectivity index is 2.39. The fourth-order valence-electron chi connectivity index (χ4n) is 1.55. The maximum Gasteiger partial charge on any atom is 0.0948 e. The highest BCUT2D eigenvalue weighted by atomic mass is 15.0. The van der Waals surface area contributed by atoms with Gasteiger partial charge in [0.15, 0.2) is 0 Å². The van der Waals surface area contributed by atoms with Crippen LogP contribution >= 0.6 is 0 Å². The SMILES string of the molecule is CCc1ccc(-c2cncn2C)cc1. The van der Waals surface area contributed by atoms with Crippen molar-refractivity contribution in [2.75, 3.05) is 0 Å². The summed E-state index contributed by atoms with van der Waals surface area (Å²) in [5, 5.41) is 0. The predicted molar refractivity (Wildman–Crippen MR) is 58.0 cm³/mol. The second kappa shape index (κ2) is 3.66. The van der Waals surface area contributed by atoms with Crippen molar-refractivity contribution in [2.24, 2.45) is 7.05 Å². The first-order valence-corrected chi connectivity index (χ1v) is 4.87. The van der Waals surface area contributed by atoms with Crippen LogP contribution in [0.1, 0.15) is 12.5 Å². The van der Waals surface area contributed by atoms with Crippen molar-refractivity contribution >= 4 is 0 Å². The maximum atomic E-state index is 4.10. The molecular weight excluding hydrogens is 172 g/mol. The molecule has 0 spiro atoms. The summed E-state index contributed by atoms with van der Waals surface area (Å²) in [6.07, 6.45) is 4.80. The van der Waals surface area contributed by atoms with Gasteiger partial charge in [0.05, 0.1) is 18.2 Å². The summed E-state index contributed by atoms with van der Waals surface area (Å²) in [7, 11) is 2.01. The molecule has 2 heteroatoms. The van der Waals surface area contributed by atoms with E-state index in [-0.39, 0.29) is 0 Å². The topological polar surface area (TPSA) is 17.8 Å². The van der Waals surface area contributed by atoms with E-state index in [0.29, 0.717) is 0 Å². The number of hydrogen-bond donors (Lipinski definition) is 0. The van der Waals surface area contributed by atoms with Crippen LogP contribution in [0, 0.1) is 0 Å². The zero-order chi connectivity index (χ0) is 9.97. The molecule has 0 bridgehead atoms. The minimum absolute atomic E-state index is 1.09. The molecule has 0 atom stereocenters. The van der Waals surface area contributed by atoms with Crippen LogP contribution in [0.2, 0.25) is 0 Å². The van der Waals surface area contributed by atoms with Crippen LogP contribution in [0.3, 0.4) is 0 Å². The molecule has 0 unspecified atom stereocenters. The van der Waals surface area contributed by atoms with Gasteiger partial charge in [-0.15, -0.1) is 0 Å². The van der Waals surface area contributed by atoms with Gasteiger partial charge in [-0.05, 0) is 17.5 Å². The zero-order valence-electron chi connectivity index (χ0n) is 8.57. The Labute approximate surface area is 84.2 Å². The second-order valence-electron chi connectivity index (χ2n) is 3.44. The monoisotopic (exact) mass is 186 g/mol. The minimum Gasteiger partial charge on any atom is -0.334 e. The Morgan fingerprint density at radius 1 is 1.21 bits per heavy atom. The highest BCUT2D eigenvalue weighted by Gasteiger charge is 2.00. The normalized spacial score (nSPS) is 10.4. The van der Waals surface area contributed by atoms with Gasteiger partial charge in [-0.3, -0.25) is 0 Å². The molecule has 0 saturated carbocycles. The van der Waals surface area contributed by atoms with Gasteiger partial charge < -0.3 is 4.57 Å². The Hall–Kier alpha value is -1.57. The fraction of sp³-hybridized carbons (Fsp3) is 0.250. The van der Waals surface area contributed by atoms with Gasteiger partial charge in [0.25, 0.3) is 0 Å². The molecule has 0 N–H and O–H groups in total. The van der Waals surface area contributed by atoms with Gasteiger partial charge in [-0.1, -0.05) is 31.2 Å². The molecule has 1 aromatic carbocycles. The lowest BCUT2D eigenvalue weighted by Crippen LogP contribution is -1.89. The molecule has 72 valence electrons. The first kappa shape index (κ1) is 9.00. The molecule has 1 heterocycles. The third-order valence-electron chi connectivity index (χ3n) is 2.47. The standard InChI is InChI=1S/C12H14N2/c1-3-10-4-6-11(7-5-10)12-8-13-9-14(12)2/h4-9H,3H2,1-2H3. The van der Waals surface area contributed by atoms with E-state index in [2.05, 4.69) is 36.2 Å². The first-order chi connectivity index (χ1) is 6.81. The summed E-state index contributed by atoms with van der Waals surface area (Å²) in [6.45, 7) is 2.17. The number of nitrogens with zero attached hydrogens (tertiary/aromatic N) is 2. The highest BCUT2D eigenvalue weighted by molar-refractivity contribution is 5.59.